The normalized spacial score (nSPS) is 12.0. The summed E-state index contributed by atoms with van der Waals surface area (Å²) in [6.07, 6.45) is 6.71. The van der Waals surface area contributed by atoms with Crippen LogP contribution in [0.15, 0.2) is 49.1 Å². The molecule has 0 aliphatic heterocycles. The molecule has 1 atom stereocenters. The Bertz CT molecular complexity index is 1120. The molecule has 3 N–H and O–H groups in total. The third kappa shape index (κ3) is 7.08. The van der Waals surface area contributed by atoms with E-state index in [-0.39, 0.29) is 5.41 Å². The first-order valence-corrected chi connectivity index (χ1v) is 12.0. The lowest BCUT2D eigenvalue weighted by molar-refractivity contribution is -0.135. The van der Waals surface area contributed by atoms with Gasteiger partial charge in [-0.3, -0.25) is 0 Å². The Morgan fingerprint density at radius 3 is 2.38 bits per heavy atom. The first kappa shape index (κ1) is 27.4. The number of fused-ring (bicyclic) bond motifs is 1. The molecule has 0 radical (unpaired) electrons. The number of benzene rings is 2. The first-order chi connectivity index (χ1) is 16.1. The number of halogens is 1. The van der Waals surface area contributed by atoms with Crippen molar-refractivity contribution in [1.29, 1.82) is 0 Å². The highest BCUT2D eigenvalue weighted by atomic mass is 35.5. The van der Waals surface area contributed by atoms with Gasteiger partial charge in [-0.15, -0.1) is 11.6 Å². The van der Waals surface area contributed by atoms with Crippen molar-refractivity contribution in [3.63, 3.8) is 0 Å². The van der Waals surface area contributed by atoms with Crippen LogP contribution in [-0.2, 0) is 17.6 Å². The SMILES string of the molecule is C=C(C)Oc1c(CCC(C)(C)C)c(C)c2ccccc2c1OC(=O)C(N)Cc1cnc[nH]1.CCl. The minimum atomic E-state index is -0.841. The Hall–Kier alpha value is -2.83. The topological polar surface area (TPSA) is 90.2 Å². The van der Waals surface area contributed by atoms with E-state index in [0.717, 1.165) is 40.4 Å². The molecule has 184 valence electrons. The number of H-pyrrole nitrogens is 1. The van der Waals surface area contributed by atoms with Crippen LogP contribution in [0.25, 0.3) is 10.8 Å². The molecule has 0 saturated carbocycles. The van der Waals surface area contributed by atoms with Gasteiger partial charge in [-0.05, 0) is 43.1 Å². The lowest BCUT2D eigenvalue weighted by Gasteiger charge is -2.24. The number of carbonyl (C=O) groups is 1. The molecule has 0 amide bonds. The van der Waals surface area contributed by atoms with Gasteiger partial charge in [0.05, 0.1) is 12.1 Å². The molecule has 0 saturated heterocycles. The van der Waals surface area contributed by atoms with Gasteiger partial charge in [-0.25, -0.2) is 9.78 Å². The number of imidazole rings is 1. The van der Waals surface area contributed by atoms with Gasteiger partial charge < -0.3 is 20.2 Å². The zero-order chi connectivity index (χ0) is 25.5. The van der Waals surface area contributed by atoms with Crippen LogP contribution in [0.2, 0.25) is 0 Å². The summed E-state index contributed by atoms with van der Waals surface area (Å²) < 4.78 is 12.0. The Morgan fingerprint density at radius 2 is 1.82 bits per heavy atom. The molecule has 2 aromatic carbocycles. The van der Waals surface area contributed by atoms with E-state index in [1.165, 1.54) is 6.38 Å². The quantitative estimate of drug-likeness (QED) is 0.174. The number of aromatic amines is 1. The maximum atomic E-state index is 13.0. The van der Waals surface area contributed by atoms with E-state index in [0.29, 0.717) is 23.7 Å². The molecule has 3 rings (SSSR count). The van der Waals surface area contributed by atoms with Crippen molar-refractivity contribution in [1.82, 2.24) is 9.97 Å². The number of nitrogens with one attached hydrogen (secondary N) is 1. The number of nitrogens with zero attached hydrogens (tertiary/aromatic N) is 1. The van der Waals surface area contributed by atoms with Gasteiger partial charge >= 0.3 is 5.97 Å². The van der Waals surface area contributed by atoms with Crippen LogP contribution in [0.5, 0.6) is 11.5 Å². The minimum Gasteiger partial charge on any atom is -0.458 e. The van der Waals surface area contributed by atoms with E-state index in [1.807, 2.05) is 24.3 Å². The second-order valence-electron chi connectivity index (χ2n) is 9.48. The number of hydrogen-bond donors (Lipinski definition) is 2. The highest BCUT2D eigenvalue weighted by molar-refractivity contribution is 6.15. The van der Waals surface area contributed by atoms with E-state index in [1.54, 1.807) is 19.4 Å². The maximum Gasteiger partial charge on any atom is 0.328 e. The number of carbonyl (C=O) groups excluding carboxylic acids is 1. The van der Waals surface area contributed by atoms with E-state index >= 15 is 0 Å². The molecule has 3 aromatic rings. The third-order valence-electron chi connectivity index (χ3n) is 5.41. The van der Waals surface area contributed by atoms with Crippen LogP contribution in [0.1, 0.15) is 50.9 Å². The van der Waals surface area contributed by atoms with Crippen molar-refractivity contribution >= 4 is 28.3 Å². The molecule has 0 aliphatic carbocycles. The van der Waals surface area contributed by atoms with Crippen LogP contribution < -0.4 is 15.2 Å². The average molecular weight is 486 g/mol. The molecule has 1 unspecified atom stereocenters. The van der Waals surface area contributed by atoms with Crippen molar-refractivity contribution in [2.24, 2.45) is 11.1 Å². The second kappa shape index (κ2) is 12.0. The van der Waals surface area contributed by atoms with Crippen molar-refractivity contribution < 1.29 is 14.3 Å². The molecule has 0 fully saturated rings. The smallest absolute Gasteiger partial charge is 0.328 e. The predicted molar refractivity (Wildman–Crippen MR) is 140 cm³/mol. The molecule has 6 nitrogen and oxygen atoms in total. The van der Waals surface area contributed by atoms with Crippen LogP contribution >= 0.6 is 11.6 Å². The zero-order valence-corrected chi connectivity index (χ0v) is 21.8. The molecule has 0 aliphatic rings. The number of rotatable bonds is 8. The molecule has 1 heterocycles. The summed E-state index contributed by atoms with van der Waals surface area (Å²) in [4.78, 5) is 19.9. The van der Waals surface area contributed by atoms with Gasteiger partial charge in [0.1, 0.15) is 6.04 Å². The summed E-state index contributed by atoms with van der Waals surface area (Å²) in [6, 6.07) is 7.04. The number of allylic oxidation sites excluding steroid dienone is 1. The van der Waals surface area contributed by atoms with E-state index in [9.17, 15) is 4.79 Å². The van der Waals surface area contributed by atoms with Crippen molar-refractivity contribution in [3.05, 3.63) is 65.9 Å². The summed E-state index contributed by atoms with van der Waals surface area (Å²) in [7, 11) is 0. The zero-order valence-electron chi connectivity index (χ0n) is 21.0. The van der Waals surface area contributed by atoms with Gasteiger partial charge in [0, 0.05) is 35.6 Å². The predicted octanol–water partition coefficient (Wildman–Crippen LogP) is 6.09. The molecule has 0 spiro atoms. The standard InChI is InChI=1S/C26H33N3O3.CH3Cl/c1-16(2)31-23-20(11-12-26(4,5)6)17(3)19-9-7-8-10-21(19)24(23)32-25(30)22(27)13-18-14-28-15-29-18;1-2/h7-10,14-15,22H,1,11-13,27H2,2-6H3,(H,28,29);1H3. The van der Waals surface area contributed by atoms with E-state index in [4.69, 9.17) is 15.2 Å². The molecule has 34 heavy (non-hydrogen) atoms. The molecular formula is C27H36ClN3O3. The van der Waals surface area contributed by atoms with Crippen LogP contribution in [0.3, 0.4) is 0 Å². The number of ether oxygens (including phenoxy) is 2. The Balaban J connectivity index is 0.00000199. The average Bonchev–Trinajstić information content (AvgIpc) is 3.29. The van der Waals surface area contributed by atoms with Crippen molar-refractivity contribution in [3.8, 4) is 11.5 Å². The number of aryl methyl sites for hydroxylation is 1. The number of hydrogen-bond acceptors (Lipinski definition) is 5. The maximum absolute atomic E-state index is 13.0. The molecular weight excluding hydrogens is 450 g/mol. The van der Waals surface area contributed by atoms with Gasteiger partial charge in [0.15, 0.2) is 11.5 Å². The van der Waals surface area contributed by atoms with E-state index < -0.39 is 12.0 Å². The first-order valence-electron chi connectivity index (χ1n) is 11.3. The largest absolute Gasteiger partial charge is 0.458 e. The molecule has 1 aromatic heterocycles. The van der Waals surface area contributed by atoms with Crippen LogP contribution in [0.4, 0.5) is 0 Å². The Morgan fingerprint density at radius 1 is 1.18 bits per heavy atom. The van der Waals surface area contributed by atoms with Gasteiger partial charge in [0.2, 0.25) is 0 Å². The van der Waals surface area contributed by atoms with Gasteiger partial charge in [-0.2, -0.15) is 0 Å². The summed E-state index contributed by atoms with van der Waals surface area (Å²) in [5.74, 6) is 0.931. The Labute approximate surface area is 207 Å². The number of nitrogens with two attached hydrogens (primary N) is 1. The monoisotopic (exact) mass is 485 g/mol. The summed E-state index contributed by atoms with van der Waals surface area (Å²) in [5, 5.41) is 1.83. The number of alkyl halides is 1. The van der Waals surface area contributed by atoms with Crippen molar-refractivity contribution in [2.45, 2.75) is 59.9 Å². The van der Waals surface area contributed by atoms with Crippen LogP contribution in [-0.4, -0.2) is 28.4 Å². The fraction of sp³-hybridized carbons (Fsp3) is 0.407. The Kier molecular flexibility index (Phi) is 9.71. The van der Waals surface area contributed by atoms with Crippen molar-refractivity contribution in [2.75, 3.05) is 6.38 Å². The van der Waals surface area contributed by atoms with E-state index in [2.05, 4.69) is 55.8 Å². The third-order valence-corrected chi connectivity index (χ3v) is 5.41. The molecule has 0 bridgehead atoms. The number of esters is 1. The fourth-order valence-corrected chi connectivity index (χ4v) is 3.68. The lowest BCUT2D eigenvalue weighted by Crippen LogP contribution is -2.36. The van der Waals surface area contributed by atoms with Gasteiger partial charge in [0.25, 0.3) is 0 Å². The molecule has 7 heteroatoms. The minimum absolute atomic E-state index is 0.141. The highest BCUT2D eigenvalue weighted by Crippen LogP contribution is 2.44. The second-order valence-corrected chi connectivity index (χ2v) is 9.48. The lowest BCUT2D eigenvalue weighted by atomic mass is 9.86. The van der Waals surface area contributed by atoms with Crippen LogP contribution in [0, 0.1) is 12.3 Å². The van der Waals surface area contributed by atoms with Gasteiger partial charge in [-0.1, -0.05) is 51.6 Å². The summed E-state index contributed by atoms with van der Waals surface area (Å²) in [5.41, 5.74) is 9.20. The summed E-state index contributed by atoms with van der Waals surface area (Å²) in [6.45, 7) is 14.4. The number of aromatic nitrogens is 2. The highest BCUT2D eigenvalue weighted by Gasteiger charge is 2.26. The summed E-state index contributed by atoms with van der Waals surface area (Å²) >= 11 is 4.64. The fourth-order valence-electron chi connectivity index (χ4n) is 3.68.